The van der Waals surface area contributed by atoms with E-state index in [9.17, 15) is 4.79 Å². The molecule has 0 aliphatic carbocycles. The second-order valence-corrected chi connectivity index (χ2v) is 6.93. The molecule has 0 aromatic rings. The SMILES string of the molecule is CC(NC1CCOC(C)(C)C1)C(=O)NC(C)(C)C. The van der Waals surface area contributed by atoms with Crippen LogP contribution in [0.5, 0.6) is 0 Å². The van der Waals surface area contributed by atoms with Gasteiger partial charge in [0, 0.05) is 18.2 Å². The third kappa shape index (κ3) is 5.36. The van der Waals surface area contributed by atoms with E-state index in [0.717, 1.165) is 19.4 Å². The molecule has 4 nitrogen and oxygen atoms in total. The van der Waals surface area contributed by atoms with Gasteiger partial charge in [0.15, 0.2) is 0 Å². The third-order valence-electron chi connectivity index (χ3n) is 3.07. The van der Waals surface area contributed by atoms with Crippen molar-refractivity contribution in [3.8, 4) is 0 Å². The highest BCUT2D eigenvalue weighted by molar-refractivity contribution is 5.81. The van der Waals surface area contributed by atoms with E-state index in [-0.39, 0.29) is 23.1 Å². The van der Waals surface area contributed by atoms with Crippen molar-refractivity contribution in [2.24, 2.45) is 0 Å². The molecule has 0 bridgehead atoms. The smallest absolute Gasteiger partial charge is 0.237 e. The van der Waals surface area contributed by atoms with E-state index < -0.39 is 0 Å². The van der Waals surface area contributed by atoms with Crippen LogP contribution >= 0.6 is 0 Å². The van der Waals surface area contributed by atoms with Crippen LogP contribution in [0.1, 0.15) is 54.4 Å². The molecule has 18 heavy (non-hydrogen) atoms. The van der Waals surface area contributed by atoms with Gasteiger partial charge in [-0.2, -0.15) is 0 Å². The molecule has 1 heterocycles. The Labute approximate surface area is 111 Å². The molecule has 4 heteroatoms. The second kappa shape index (κ2) is 5.57. The van der Waals surface area contributed by atoms with Crippen LogP contribution in [0.25, 0.3) is 0 Å². The number of hydrogen-bond acceptors (Lipinski definition) is 3. The van der Waals surface area contributed by atoms with E-state index >= 15 is 0 Å². The Morgan fingerprint density at radius 2 is 2.00 bits per heavy atom. The van der Waals surface area contributed by atoms with Gasteiger partial charge in [0.2, 0.25) is 5.91 Å². The highest BCUT2D eigenvalue weighted by Crippen LogP contribution is 2.24. The lowest BCUT2D eigenvalue weighted by Gasteiger charge is -2.37. The molecule has 2 unspecified atom stereocenters. The molecule has 1 aliphatic heterocycles. The predicted molar refractivity (Wildman–Crippen MR) is 73.5 cm³/mol. The Bertz CT molecular complexity index is 295. The number of amides is 1. The molecule has 1 saturated heterocycles. The summed E-state index contributed by atoms with van der Waals surface area (Å²) in [7, 11) is 0. The van der Waals surface area contributed by atoms with Crippen molar-refractivity contribution < 1.29 is 9.53 Å². The van der Waals surface area contributed by atoms with Gasteiger partial charge in [-0.05, 0) is 54.4 Å². The zero-order chi connectivity index (χ0) is 14.0. The highest BCUT2D eigenvalue weighted by Gasteiger charge is 2.30. The second-order valence-electron chi connectivity index (χ2n) is 6.93. The number of hydrogen-bond donors (Lipinski definition) is 2. The Morgan fingerprint density at radius 3 is 2.50 bits per heavy atom. The van der Waals surface area contributed by atoms with Gasteiger partial charge in [-0.3, -0.25) is 4.79 Å². The molecule has 106 valence electrons. The summed E-state index contributed by atoms with van der Waals surface area (Å²) in [4.78, 5) is 12.0. The Morgan fingerprint density at radius 1 is 1.39 bits per heavy atom. The van der Waals surface area contributed by atoms with Crippen LogP contribution in [0, 0.1) is 0 Å². The summed E-state index contributed by atoms with van der Waals surface area (Å²) in [5.74, 6) is 0.0618. The average molecular weight is 256 g/mol. The molecule has 0 saturated carbocycles. The van der Waals surface area contributed by atoms with Crippen LogP contribution in [0.2, 0.25) is 0 Å². The quantitative estimate of drug-likeness (QED) is 0.810. The van der Waals surface area contributed by atoms with E-state index in [1.54, 1.807) is 0 Å². The third-order valence-corrected chi connectivity index (χ3v) is 3.07. The minimum atomic E-state index is -0.179. The Balaban J connectivity index is 2.44. The summed E-state index contributed by atoms with van der Waals surface area (Å²) in [6, 6.07) is 0.192. The fraction of sp³-hybridized carbons (Fsp3) is 0.929. The summed E-state index contributed by atoms with van der Waals surface area (Å²) in [6.07, 6.45) is 1.91. The van der Waals surface area contributed by atoms with Crippen LogP contribution in [-0.2, 0) is 9.53 Å². The first kappa shape index (κ1) is 15.4. The van der Waals surface area contributed by atoms with Gasteiger partial charge >= 0.3 is 0 Å². The molecule has 1 fully saturated rings. The summed E-state index contributed by atoms with van der Waals surface area (Å²) >= 11 is 0. The number of ether oxygens (including phenoxy) is 1. The van der Waals surface area contributed by atoms with Gasteiger partial charge in [-0.1, -0.05) is 0 Å². The summed E-state index contributed by atoms with van der Waals surface area (Å²) < 4.78 is 5.68. The van der Waals surface area contributed by atoms with Crippen LogP contribution in [0.3, 0.4) is 0 Å². The average Bonchev–Trinajstić information content (AvgIpc) is 2.12. The molecule has 2 atom stereocenters. The molecule has 1 aliphatic rings. The van der Waals surface area contributed by atoms with Crippen molar-refractivity contribution >= 4 is 5.91 Å². The van der Waals surface area contributed by atoms with Gasteiger partial charge in [-0.25, -0.2) is 0 Å². The number of carbonyl (C=O) groups excluding carboxylic acids is 1. The standard InChI is InChI=1S/C14H28N2O2/c1-10(12(17)16-13(2,3)4)15-11-7-8-18-14(5,6)9-11/h10-11,15H,7-9H2,1-6H3,(H,16,17). The summed E-state index contributed by atoms with van der Waals surface area (Å²) in [5, 5.41) is 6.40. The lowest BCUT2D eigenvalue weighted by Crippen LogP contribution is -2.54. The van der Waals surface area contributed by atoms with E-state index in [2.05, 4.69) is 24.5 Å². The minimum Gasteiger partial charge on any atom is -0.375 e. The normalized spacial score (nSPS) is 25.6. The first-order chi connectivity index (χ1) is 8.09. The van der Waals surface area contributed by atoms with Gasteiger partial charge in [0.05, 0.1) is 11.6 Å². The first-order valence-corrected chi connectivity index (χ1v) is 6.81. The molecule has 2 N–H and O–H groups in total. The minimum absolute atomic E-state index is 0.0618. The predicted octanol–water partition coefficient (Wildman–Crippen LogP) is 1.84. The molecule has 0 aromatic carbocycles. The fourth-order valence-electron chi connectivity index (χ4n) is 2.28. The molecular weight excluding hydrogens is 228 g/mol. The zero-order valence-corrected chi connectivity index (χ0v) is 12.6. The monoisotopic (exact) mass is 256 g/mol. The van der Waals surface area contributed by atoms with Gasteiger partial charge in [0.1, 0.15) is 0 Å². The Kier molecular flexibility index (Phi) is 4.78. The van der Waals surface area contributed by atoms with Crippen LogP contribution in [0.15, 0.2) is 0 Å². The molecule has 1 amide bonds. The van der Waals surface area contributed by atoms with Crippen molar-refractivity contribution in [3.05, 3.63) is 0 Å². The van der Waals surface area contributed by atoms with Crippen molar-refractivity contribution in [3.63, 3.8) is 0 Å². The van der Waals surface area contributed by atoms with Gasteiger partial charge < -0.3 is 15.4 Å². The van der Waals surface area contributed by atoms with Crippen molar-refractivity contribution in [1.29, 1.82) is 0 Å². The van der Waals surface area contributed by atoms with E-state index in [1.807, 2.05) is 27.7 Å². The summed E-state index contributed by atoms with van der Waals surface area (Å²) in [6.45, 7) is 12.9. The fourth-order valence-corrected chi connectivity index (χ4v) is 2.28. The topological polar surface area (TPSA) is 50.4 Å². The van der Waals surface area contributed by atoms with Crippen LogP contribution in [0.4, 0.5) is 0 Å². The molecule has 0 aromatic heterocycles. The zero-order valence-electron chi connectivity index (χ0n) is 12.6. The van der Waals surface area contributed by atoms with Crippen LogP contribution in [-0.4, -0.2) is 35.7 Å². The molecule has 0 spiro atoms. The maximum absolute atomic E-state index is 12.0. The number of nitrogens with one attached hydrogen (secondary N) is 2. The molecule has 1 rings (SSSR count). The van der Waals surface area contributed by atoms with Gasteiger partial charge in [-0.15, -0.1) is 0 Å². The number of carbonyl (C=O) groups is 1. The highest BCUT2D eigenvalue weighted by atomic mass is 16.5. The number of rotatable bonds is 3. The lowest BCUT2D eigenvalue weighted by atomic mass is 9.93. The molecule has 0 radical (unpaired) electrons. The summed E-state index contributed by atoms with van der Waals surface area (Å²) in [5.41, 5.74) is -0.266. The van der Waals surface area contributed by atoms with E-state index in [4.69, 9.17) is 4.74 Å². The van der Waals surface area contributed by atoms with E-state index in [1.165, 1.54) is 0 Å². The van der Waals surface area contributed by atoms with Crippen molar-refractivity contribution in [1.82, 2.24) is 10.6 Å². The largest absolute Gasteiger partial charge is 0.375 e. The Hall–Kier alpha value is -0.610. The van der Waals surface area contributed by atoms with Gasteiger partial charge in [0.25, 0.3) is 0 Å². The van der Waals surface area contributed by atoms with E-state index in [0.29, 0.717) is 6.04 Å². The lowest BCUT2D eigenvalue weighted by molar-refractivity contribution is -0.125. The van der Waals surface area contributed by atoms with Crippen molar-refractivity contribution in [2.45, 2.75) is 77.6 Å². The maximum atomic E-state index is 12.0. The van der Waals surface area contributed by atoms with Crippen molar-refractivity contribution in [2.75, 3.05) is 6.61 Å². The maximum Gasteiger partial charge on any atom is 0.237 e. The molecular formula is C14H28N2O2. The first-order valence-electron chi connectivity index (χ1n) is 6.81. The van der Waals surface area contributed by atoms with Crippen LogP contribution < -0.4 is 10.6 Å².